The third-order valence-corrected chi connectivity index (χ3v) is 3.28. The van der Waals surface area contributed by atoms with E-state index in [2.05, 4.69) is 5.32 Å². The van der Waals surface area contributed by atoms with Gasteiger partial charge in [-0.25, -0.2) is 0 Å². The van der Waals surface area contributed by atoms with E-state index in [-0.39, 0.29) is 5.91 Å². The molecule has 0 spiro atoms. The molecule has 1 heterocycles. The van der Waals surface area contributed by atoms with E-state index in [9.17, 15) is 4.79 Å². The first-order chi connectivity index (χ1) is 8.30. The molecule has 0 aromatic carbocycles. The summed E-state index contributed by atoms with van der Waals surface area (Å²) < 4.78 is 0. The van der Waals surface area contributed by atoms with Gasteiger partial charge in [0.15, 0.2) is 0 Å². The largest absolute Gasteiger partial charge is 0.391 e. The zero-order chi connectivity index (χ0) is 12.3. The van der Waals surface area contributed by atoms with E-state index >= 15 is 0 Å². The number of hydrogen-bond acceptors (Lipinski definition) is 2. The first-order valence-electron chi connectivity index (χ1n) is 6.96. The molecule has 1 aliphatic rings. The highest BCUT2D eigenvalue weighted by Crippen LogP contribution is 2.09. The summed E-state index contributed by atoms with van der Waals surface area (Å²) in [4.78, 5) is 13.5. The molecule has 0 aromatic heterocycles. The smallest absolute Gasteiger partial charge is 0.247 e. The molecule has 0 aromatic rings. The minimum atomic E-state index is 0.104. The van der Waals surface area contributed by atoms with Gasteiger partial charge in [-0.1, -0.05) is 38.5 Å². The first kappa shape index (κ1) is 14.1. The van der Waals surface area contributed by atoms with Gasteiger partial charge >= 0.3 is 0 Å². The summed E-state index contributed by atoms with van der Waals surface area (Å²) in [5.41, 5.74) is 0. The van der Waals surface area contributed by atoms with Gasteiger partial charge in [-0.3, -0.25) is 4.79 Å². The van der Waals surface area contributed by atoms with Crippen LogP contribution in [0, 0.1) is 0 Å². The fraction of sp³-hybridized carbons (Fsp3) is 0.786. The molecule has 0 unspecified atom stereocenters. The standard InChI is InChI=1S/C14H26N2O/c1-16-13-9-7-5-3-2-4-6-8-11-15-12-10-14(16)17/h10,12,15H,2-9,11,13H2,1H3/b12-10+. The highest BCUT2D eigenvalue weighted by atomic mass is 16.2. The van der Waals surface area contributed by atoms with Crippen molar-refractivity contribution in [1.29, 1.82) is 0 Å². The van der Waals surface area contributed by atoms with Crippen LogP contribution in [0.25, 0.3) is 0 Å². The average Bonchev–Trinajstić information content (AvgIpc) is 2.34. The van der Waals surface area contributed by atoms with E-state index < -0.39 is 0 Å². The molecule has 0 radical (unpaired) electrons. The predicted molar refractivity (Wildman–Crippen MR) is 71.7 cm³/mol. The zero-order valence-electron chi connectivity index (χ0n) is 11.1. The van der Waals surface area contributed by atoms with E-state index in [1.165, 1.54) is 44.9 Å². The number of nitrogens with zero attached hydrogens (tertiary/aromatic N) is 1. The second-order valence-electron chi connectivity index (χ2n) is 4.88. The monoisotopic (exact) mass is 238 g/mol. The van der Waals surface area contributed by atoms with E-state index in [1.807, 2.05) is 7.05 Å². The lowest BCUT2D eigenvalue weighted by molar-refractivity contribution is -0.124. The minimum Gasteiger partial charge on any atom is -0.391 e. The number of nitrogens with one attached hydrogen (secondary N) is 1. The second kappa shape index (κ2) is 9.08. The third kappa shape index (κ3) is 7.03. The van der Waals surface area contributed by atoms with Crippen molar-refractivity contribution in [3.05, 3.63) is 12.3 Å². The summed E-state index contributed by atoms with van der Waals surface area (Å²) in [6.07, 6.45) is 13.7. The molecule has 1 amide bonds. The van der Waals surface area contributed by atoms with Gasteiger partial charge in [-0.05, 0) is 12.8 Å². The quantitative estimate of drug-likeness (QED) is 0.703. The number of likely N-dealkylation sites (N-methyl/N-ethyl adjacent to an activating group) is 1. The van der Waals surface area contributed by atoms with Gasteiger partial charge in [0.25, 0.3) is 0 Å². The van der Waals surface area contributed by atoms with Crippen LogP contribution in [0.4, 0.5) is 0 Å². The molecule has 0 bridgehead atoms. The van der Waals surface area contributed by atoms with Crippen molar-refractivity contribution in [3.63, 3.8) is 0 Å². The number of carbonyl (C=O) groups excluding carboxylic acids is 1. The molecular formula is C14H26N2O. The first-order valence-corrected chi connectivity index (χ1v) is 6.96. The Morgan fingerprint density at radius 1 is 1.00 bits per heavy atom. The molecule has 0 saturated heterocycles. The summed E-state index contributed by atoms with van der Waals surface area (Å²) in [6.45, 7) is 1.86. The highest BCUT2D eigenvalue weighted by Gasteiger charge is 2.03. The molecule has 3 nitrogen and oxygen atoms in total. The lowest BCUT2D eigenvalue weighted by Crippen LogP contribution is -2.26. The maximum Gasteiger partial charge on any atom is 0.247 e. The molecule has 1 N–H and O–H groups in total. The molecule has 3 heteroatoms. The Balaban J connectivity index is 2.32. The topological polar surface area (TPSA) is 32.3 Å². The molecule has 17 heavy (non-hydrogen) atoms. The molecular weight excluding hydrogens is 212 g/mol. The normalized spacial score (nSPS) is 23.4. The predicted octanol–water partition coefficient (Wildman–Crippen LogP) is 2.68. The maximum absolute atomic E-state index is 11.7. The van der Waals surface area contributed by atoms with Crippen molar-refractivity contribution in [1.82, 2.24) is 10.2 Å². The van der Waals surface area contributed by atoms with Gasteiger partial charge in [0.2, 0.25) is 5.91 Å². The van der Waals surface area contributed by atoms with E-state index in [4.69, 9.17) is 0 Å². The number of amides is 1. The van der Waals surface area contributed by atoms with Gasteiger partial charge in [-0.15, -0.1) is 0 Å². The van der Waals surface area contributed by atoms with Gasteiger partial charge in [0.05, 0.1) is 0 Å². The van der Waals surface area contributed by atoms with Crippen molar-refractivity contribution in [2.75, 3.05) is 20.1 Å². The Labute approximate surface area is 105 Å². The fourth-order valence-corrected chi connectivity index (χ4v) is 2.09. The molecule has 98 valence electrons. The average molecular weight is 238 g/mol. The molecule has 0 saturated carbocycles. The van der Waals surface area contributed by atoms with Crippen molar-refractivity contribution in [2.45, 2.75) is 51.4 Å². The summed E-state index contributed by atoms with van der Waals surface area (Å²) >= 11 is 0. The van der Waals surface area contributed by atoms with Crippen molar-refractivity contribution < 1.29 is 4.79 Å². The van der Waals surface area contributed by atoms with Gasteiger partial charge in [0.1, 0.15) is 0 Å². The molecule has 0 aliphatic carbocycles. The van der Waals surface area contributed by atoms with Crippen LogP contribution < -0.4 is 5.32 Å². The van der Waals surface area contributed by atoms with Crippen molar-refractivity contribution in [2.24, 2.45) is 0 Å². The Kier molecular flexibility index (Phi) is 7.52. The minimum absolute atomic E-state index is 0.104. The van der Waals surface area contributed by atoms with Crippen LogP contribution in [0.1, 0.15) is 51.4 Å². The van der Waals surface area contributed by atoms with Crippen molar-refractivity contribution >= 4 is 5.91 Å². The van der Waals surface area contributed by atoms with E-state index in [0.29, 0.717) is 0 Å². The summed E-state index contributed by atoms with van der Waals surface area (Å²) in [6, 6.07) is 0. The van der Waals surface area contributed by atoms with Crippen LogP contribution in [-0.2, 0) is 4.79 Å². The number of carbonyl (C=O) groups is 1. The molecule has 0 atom stereocenters. The Morgan fingerprint density at radius 3 is 2.29 bits per heavy atom. The lowest BCUT2D eigenvalue weighted by Gasteiger charge is -2.14. The van der Waals surface area contributed by atoms with E-state index in [1.54, 1.807) is 17.2 Å². The number of hydrogen-bond donors (Lipinski definition) is 1. The van der Waals surface area contributed by atoms with Crippen molar-refractivity contribution in [3.8, 4) is 0 Å². The molecule has 0 fully saturated rings. The maximum atomic E-state index is 11.7. The summed E-state index contributed by atoms with van der Waals surface area (Å²) in [5, 5.41) is 3.18. The van der Waals surface area contributed by atoms with Gasteiger partial charge in [-0.2, -0.15) is 0 Å². The van der Waals surface area contributed by atoms with Crippen LogP contribution in [0.2, 0.25) is 0 Å². The lowest BCUT2D eigenvalue weighted by atomic mass is 10.1. The van der Waals surface area contributed by atoms with Crippen LogP contribution in [0.3, 0.4) is 0 Å². The van der Waals surface area contributed by atoms with Crippen LogP contribution in [-0.4, -0.2) is 30.9 Å². The Hall–Kier alpha value is -0.990. The van der Waals surface area contributed by atoms with Crippen LogP contribution in [0.5, 0.6) is 0 Å². The van der Waals surface area contributed by atoms with Gasteiger partial charge in [0, 0.05) is 32.4 Å². The second-order valence-corrected chi connectivity index (χ2v) is 4.88. The Bertz CT molecular complexity index is 238. The summed E-state index contributed by atoms with van der Waals surface area (Å²) in [7, 11) is 1.88. The molecule has 1 aliphatic heterocycles. The fourth-order valence-electron chi connectivity index (χ4n) is 2.09. The Morgan fingerprint density at radius 2 is 1.59 bits per heavy atom. The summed E-state index contributed by atoms with van der Waals surface area (Å²) in [5.74, 6) is 0.104. The SMILES string of the molecule is CN1CCCCCCCCCCN/C=C/C1=O. The van der Waals surface area contributed by atoms with Crippen LogP contribution >= 0.6 is 0 Å². The number of rotatable bonds is 0. The zero-order valence-corrected chi connectivity index (χ0v) is 11.1. The highest BCUT2D eigenvalue weighted by molar-refractivity contribution is 5.87. The third-order valence-electron chi connectivity index (χ3n) is 3.28. The van der Waals surface area contributed by atoms with Crippen LogP contribution in [0.15, 0.2) is 12.3 Å². The van der Waals surface area contributed by atoms with Gasteiger partial charge < -0.3 is 10.2 Å². The molecule has 1 rings (SSSR count). The van der Waals surface area contributed by atoms with E-state index in [0.717, 1.165) is 19.5 Å².